The van der Waals surface area contributed by atoms with Crippen LogP contribution in [0.4, 0.5) is 16.2 Å². The SMILES string of the molecule is O=C1N(c2ccccc2)CON1c1ccccc1. The van der Waals surface area contributed by atoms with Crippen LogP contribution >= 0.6 is 0 Å². The van der Waals surface area contributed by atoms with Crippen molar-refractivity contribution in [1.82, 2.24) is 0 Å². The number of hydrogen-bond acceptors (Lipinski definition) is 2. The van der Waals surface area contributed by atoms with Gasteiger partial charge in [-0.3, -0.25) is 4.90 Å². The molecule has 1 aliphatic heterocycles. The fraction of sp³-hybridized carbons (Fsp3) is 0.0714. The number of nitrogens with zero attached hydrogens (tertiary/aromatic N) is 2. The summed E-state index contributed by atoms with van der Waals surface area (Å²) in [6.45, 7) is 0.234. The first-order chi connectivity index (χ1) is 8.86. The lowest BCUT2D eigenvalue weighted by Crippen LogP contribution is -2.31. The van der Waals surface area contributed by atoms with Gasteiger partial charge in [0, 0.05) is 5.69 Å². The van der Waals surface area contributed by atoms with Gasteiger partial charge in [-0.05, 0) is 24.3 Å². The van der Waals surface area contributed by atoms with Crippen LogP contribution in [0.25, 0.3) is 0 Å². The van der Waals surface area contributed by atoms with Crippen molar-refractivity contribution in [2.24, 2.45) is 0 Å². The quantitative estimate of drug-likeness (QED) is 0.808. The van der Waals surface area contributed by atoms with Gasteiger partial charge in [0.2, 0.25) is 0 Å². The van der Waals surface area contributed by atoms with E-state index >= 15 is 0 Å². The number of hydrogen-bond donors (Lipinski definition) is 0. The van der Waals surface area contributed by atoms with E-state index in [1.165, 1.54) is 5.06 Å². The van der Waals surface area contributed by atoms with Crippen LogP contribution in [0, 0.1) is 0 Å². The Hall–Kier alpha value is -2.33. The molecule has 1 fully saturated rings. The number of rotatable bonds is 2. The monoisotopic (exact) mass is 240 g/mol. The summed E-state index contributed by atoms with van der Waals surface area (Å²) in [5, 5.41) is 1.31. The van der Waals surface area contributed by atoms with E-state index in [1.807, 2.05) is 60.7 Å². The molecule has 0 atom stereocenters. The average Bonchev–Trinajstić information content (AvgIpc) is 2.83. The van der Waals surface area contributed by atoms with Crippen molar-refractivity contribution >= 4 is 17.4 Å². The molecule has 2 aromatic rings. The molecule has 0 saturated carbocycles. The first kappa shape index (κ1) is 10.8. The third-order valence-electron chi connectivity index (χ3n) is 2.78. The second kappa shape index (κ2) is 4.50. The first-order valence-electron chi connectivity index (χ1n) is 5.71. The highest BCUT2D eigenvalue weighted by molar-refractivity contribution is 6.03. The van der Waals surface area contributed by atoms with Crippen molar-refractivity contribution in [3.8, 4) is 0 Å². The Morgan fingerprint density at radius 1 is 0.833 bits per heavy atom. The van der Waals surface area contributed by atoms with Gasteiger partial charge in [-0.1, -0.05) is 36.4 Å². The largest absolute Gasteiger partial charge is 0.355 e. The van der Waals surface area contributed by atoms with Crippen LogP contribution in [0.5, 0.6) is 0 Å². The zero-order valence-electron chi connectivity index (χ0n) is 9.69. The first-order valence-corrected chi connectivity index (χ1v) is 5.71. The summed E-state index contributed by atoms with van der Waals surface area (Å²) in [7, 11) is 0. The van der Waals surface area contributed by atoms with E-state index in [0.29, 0.717) is 0 Å². The minimum atomic E-state index is -0.174. The number of urea groups is 1. The molecule has 90 valence electrons. The van der Waals surface area contributed by atoms with E-state index in [-0.39, 0.29) is 12.8 Å². The fourth-order valence-electron chi connectivity index (χ4n) is 1.88. The van der Waals surface area contributed by atoms with Crippen LogP contribution in [0.3, 0.4) is 0 Å². The molecule has 3 rings (SSSR count). The summed E-state index contributed by atoms with van der Waals surface area (Å²) in [5.74, 6) is 0. The lowest BCUT2D eigenvalue weighted by molar-refractivity contribution is 0.168. The van der Waals surface area contributed by atoms with Crippen molar-refractivity contribution in [2.45, 2.75) is 0 Å². The fourth-order valence-corrected chi connectivity index (χ4v) is 1.88. The molecule has 0 radical (unpaired) electrons. The molecule has 2 amide bonds. The summed E-state index contributed by atoms with van der Waals surface area (Å²) in [4.78, 5) is 19.3. The zero-order chi connectivity index (χ0) is 12.4. The Bertz CT molecular complexity index is 493. The summed E-state index contributed by atoms with van der Waals surface area (Å²) in [6, 6.07) is 18.6. The van der Waals surface area contributed by atoms with Gasteiger partial charge in [0.15, 0.2) is 6.73 Å². The lowest BCUT2D eigenvalue weighted by atomic mass is 10.3. The molecule has 4 nitrogen and oxygen atoms in total. The lowest BCUT2D eigenvalue weighted by Gasteiger charge is -2.15. The average molecular weight is 240 g/mol. The van der Waals surface area contributed by atoms with E-state index in [0.717, 1.165) is 11.4 Å². The maximum absolute atomic E-state index is 12.2. The third kappa shape index (κ3) is 1.83. The number of anilines is 2. The molecule has 1 aliphatic rings. The van der Waals surface area contributed by atoms with E-state index in [9.17, 15) is 4.79 Å². The molecule has 0 aliphatic carbocycles. The molecule has 1 heterocycles. The minimum absolute atomic E-state index is 0.174. The highest BCUT2D eigenvalue weighted by Crippen LogP contribution is 2.25. The van der Waals surface area contributed by atoms with Crippen molar-refractivity contribution in [1.29, 1.82) is 0 Å². The topological polar surface area (TPSA) is 32.8 Å². The highest BCUT2D eigenvalue weighted by atomic mass is 16.7. The minimum Gasteiger partial charge on any atom is -0.266 e. The van der Waals surface area contributed by atoms with Gasteiger partial charge in [0.1, 0.15) is 0 Å². The van der Waals surface area contributed by atoms with Gasteiger partial charge in [-0.2, -0.15) is 5.06 Å². The van der Waals surface area contributed by atoms with Crippen molar-refractivity contribution in [2.75, 3.05) is 16.7 Å². The molecular weight excluding hydrogens is 228 g/mol. The molecular formula is C14H12N2O2. The molecule has 0 unspecified atom stereocenters. The number of benzene rings is 2. The van der Waals surface area contributed by atoms with Gasteiger partial charge in [0.05, 0.1) is 5.69 Å². The number of para-hydroxylation sites is 2. The highest BCUT2D eigenvalue weighted by Gasteiger charge is 2.31. The molecule has 1 saturated heterocycles. The van der Waals surface area contributed by atoms with Crippen LogP contribution < -0.4 is 9.96 Å². The normalized spacial score (nSPS) is 15.2. The van der Waals surface area contributed by atoms with E-state index in [1.54, 1.807) is 4.90 Å². The molecule has 18 heavy (non-hydrogen) atoms. The van der Waals surface area contributed by atoms with E-state index in [2.05, 4.69) is 0 Å². The van der Waals surface area contributed by atoms with Gasteiger partial charge in [0.25, 0.3) is 0 Å². The molecule has 2 aromatic carbocycles. The Morgan fingerprint density at radius 3 is 2.00 bits per heavy atom. The summed E-state index contributed by atoms with van der Waals surface area (Å²) in [6.07, 6.45) is 0. The molecule has 0 bridgehead atoms. The number of hydroxylamine groups is 1. The standard InChI is InChI=1S/C14H12N2O2/c17-14-15(12-7-3-1-4-8-12)11-18-16(14)13-9-5-2-6-10-13/h1-10H,11H2. The molecule has 0 aromatic heterocycles. The van der Waals surface area contributed by atoms with Crippen LogP contribution in [0.2, 0.25) is 0 Å². The predicted molar refractivity (Wildman–Crippen MR) is 69.2 cm³/mol. The Balaban J connectivity index is 1.86. The van der Waals surface area contributed by atoms with Gasteiger partial charge in [-0.15, -0.1) is 0 Å². The number of carbonyl (C=O) groups is 1. The summed E-state index contributed by atoms with van der Waals surface area (Å²) in [5.41, 5.74) is 1.57. The van der Waals surface area contributed by atoms with Crippen LogP contribution in [0.15, 0.2) is 60.7 Å². The van der Waals surface area contributed by atoms with Crippen LogP contribution in [-0.4, -0.2) is 12.8 Å². The number of amides is 2. The van der Waals surface area contributed by atoms with E-state index in [4.69, 9.17) is 4.84 Å². The maximum atomic E-state index is 12.2. The zero-order valence-corrected chi connectivity index (χ0v) is 9.69. The van der Waals surface area contributed by atoms with Gasteiger partial charge in [-0.25, -0.2) is 9.63 Å². The van der Waals surface area contributed by atoms with E-state index < -0.39 is 0 Å². The van der Waals surface area contributed by atoms with Gasteiger partial charge >= 0.3 is 6.03 Å². The summed E-state index contributed by atoms with van der Waals surface area (Å²) < 4.78 is 0. The second-order valence-electron chi connectivity index (χ2n) is 3.93. The Kier molecular flexibility index (Phi) is 2.70. The summed E-state index contributed by atoms with van der Waals surface area (Å²) >= 11 is 0. The van der Waals surface area contributed by atoms with Gasteiger partial charge < -0.3 is 0 Å². The molecule has 4 heteroatoms. The van der Waals surface area contributed by atoms with Crippen LogP contribution in [0.1, 0.15) is 0 Å². The van der Waals surface area contributed by atoms with Crippen molar-refractivity contribution in [3.05, 3.63) is 60.7 Å². The number of carbonyl (C=O) groups excluding carboxylic acids is 1. The molecule has 0 N–H and O–H groups in total. The van der Waals surface area contributed by atoms with Crippen molar-refractivity contribution < 1.29 is 9.63 Å². The molecule has 0 spiro atoms. The van der Waals surface area contributed by atoms with Crippen molar-refractivity contribution in [3.63, 3.8) is 0 Å². The van der Waals surface area contributed by atoms with Crippen LogP contribution in [-0.2, 0) is 4.84 Å². The second-order valence-corrected chi connectivity index (χ2v) is 3.93. The third-order valence-corrected chi connectivity index (χ3v) is 2.78. The predicted octanol–water partition coefficient (Wildman–Crippen LogP) is 3.02. The maximum Gasteiger partial charge on any atom is 0.355 e. The Labute approximate surface area is 105 Å². The smallest absolute Gasteiger partial charge is 0.266 e. The Morgan fingerprint density at radius 2 is 1.39 bits per heavy atom.